The second-order valence-corrected chi connectivity index (χ2v) is 8.56. The van der Waals surface area contributed by atoms with Crippen LogP contribution in [0.5, 0.6) is 0 Å². The van der Waals surface area contributed by atoms with Gasteiger partial charge in [-0.05, 0) is 35.7 Å². The van der Waals surface area contributed by atoms with Crippen LogP contribution < -0.4 is 4.90 Å². The first-order chi connectivity index (χ1) is 12.7. The Morgan fingerprint density at radius 3 is 2.92 bits per heavy atom. The van der Waals surface area contributed by atoms with Gasteiger partial charge in [0, 0.05) is 18.1 Å². The molecular formula is C19H13N3O2S2. The molecule has 128 valence electrons. The summed E-state index contributed by atoms with van der Waals surface area (Å²) in [5.74, 6) is -0.343. The van der Waals surface area contributed by atoms with Gasteiger partial charge in [-0.3, -0.25) is 9.59 Å². The van der Waals surface area contributed by atoms with E-state index in [1.165, 1.54) is 16.7 Å². The number of imide groups is 1. The number of para-hydroxylation sites is 1. The van der Waals surface area contributed by atoms with Gasteiger partial charge in [-0.15, -0.1) is 11.3 Å². The predicted octanol–water partition coefficient (Wildman–Crippen LogP) is 4.20. The average molecular weight is 379 g/mol. The Morgan fingerprint density at radius 2 is 2.04 bits per heavy atom. The van der Waals surface area contributed by atoms with Crippen molar-refractivity contribution in [3.8, 4) is 0 Å². The Bertz CT molecular complexity index is 1130. The molecule has 2 aromatic heterocycles. The maximum Gasteiger partial charge on any atom is 0.247 e. The summed E-state index contributed by atoms with van der Waals surface area (Å²) in [4.78, 5) is 34.3. The van der Waals surface area contributed by atoms with Crippen molar-refractivity contribution in [2.75, 3.05) is 4.90 Å². The number of carbonyl (C=O) groups excluding carboxylic acids is 2. The highest BCUT2D eigenvalue weighted by atomic mass is 32.2. The second kappa shape index (κ2) is 5.96. The van der Waals surface area contributed by atoms with Crippen LogP contribution in [-0.4, -0.2) is 27.0 Å². The van der Waals surface area contributed by atoms with E-state index in [1.807, 2.05) is 54.7 Å². The molecule has 1 unspecified atom stereocenters. The van der Waals surface area contributed by atoms with Crippen LogP contribution in [0.1, 0.15) is 6.42 Å². The summed E-state index contributed by atoms with van der Waals surface area (Å²) < 4.78 is 1.90. The molecule has 5 rings (SSSR count). The molecule has 1 saturated heterocycles. The van der Waals surface area contributed by atoms with Gasteiger partial charge in [0.1, 0.15) is 5.25 Å². The van der Waals surface area contributed by atoms with E-state index in [0.29, 0.717) is 5.69 Å². The van der Waals surface area contributed by atoms with Gasteiger partial charge in [0.05, 0.1) is 15.9 Å². The highest BCUT2D eigenvalue weighted by Gasteiger charge is 2.40. The monoisotopic (exact) mass is 379 g/mol. The Balaban J connectivity index is 1.43. The molecule has 1 aliphatic rings. The van der Waals surface area contributed by atoms with Crippen molar-refractivity contribution in [2.24, 2.45) is 0 Å². The molecule has 3 heterocycles. The van der Waals surface area contributed by atoms with E-state index >= 15 is 0 Å². The fourth-order valence-corrected chi connectivity index (χ4v) is 5.50. The highest BCUT2D eigenvalue weighted by Crippen LogP contribution is 2.37. The number of thioether (sulfide) groups is 1. The number of nitrogens with one attached hydrogen (secondary N) is 1. The normalized spacial score (nSPS) is 17.7. The standard InChI is InChI=1S/C19H13N3O2S2/c23-17-10-16(26-19-21-13-3-1-2-4-15(13)25-19)18(24)22(17)12-6-5-11-7-8-20-14(11)9-12/h1-9,16,20H,10H2. The number of anilines is 1. The van der Waals surface area contributed by atoms with Crippen LogP contribution in [0.4, 0.5) is 5.69 Å². The summed E-state index contributed by atoms with van der Waals surface area (Å²) in [5, 5.41) is 0.621. The molecule has 4 aromatic rings. The SMILES string of the molecule is O=C1CC(Sc2nc3ccccc3s2)C(=O)N1c1ccc2cc[nH]c2c1. The fraction of sp³-hybridized carbons (Fsp3) is 0.105. The van der Waals surface area contributed by atoms with Crippen molar-refractivity contribution in [2.45, 2.75) is 16.0 Å². The molecule has 7 heteroatoms. The van der Waals surface area contributed by atoms with E-state index in [-0.39, 0.29) is 18.2 Å². The largest absolute Gasteiger partial charge is 0.361 e. The minimum atomic E-state index is -0.428. The van der Waals surface area contributed by atoms with E-state index < -0.39 is 5.25 Å². The number of hydrogen-bond acceptors (Lipinski definition) is 5. The maximum atomic E-state index is 12.9. The molecule has 5 nitrogen and oxygen atoms in total. The first-order valence-electron chi connectivity index (χ1n) is 8.15. The Labute approximate surface area is 157 Å². The van der Waals surface area contributed by atoms with E-state index in [1.54, 1.807) is 11.3 Å². The number of hydrogen-bond donors (Lipinski definition) is 1. The molecule has 0 saturated carbocycles. The van der Waals surface area contributed by atoms with Crippen LogP contribution in [-0.2, 0) is 9.59 Å². The molecular weight excluding hydrogens is 366 g/mol. The zero-order valence-electron chi connectivity index (χ0n) is 13.5. The number of aromatic amines is 1. The molecule has 0 aliphatic carbocycles. The molecule has 1 fully saturated rings. The molecule has 2 amide bonds. The summed E-state index contributed by atoms with van der Waals surface area (Å²) >= 11 is 2.93. The van der Waals surface area contributed by atoms with Gasteiger partial charge in [0.15, 0.2) is 4.34 Å². The summed E-state index contributed by atoms with van der Waals surface area (Å²) in [6, 6.07) is 15.4. The lowest BCUT2D eigenvalue weighted by atomic mass is 10.2. The van der Waals surface area contributed by atoms with Crippen LogP contribution in [0.15, 0.2) is 59.1 Å². The third kappa shape index (κ3) is 2.51. The van der Waals surface area contributed by atoms with Gasteiger partial charge in [0.25, 0.3) is 0 Å². The van der Waals surface area contributed by atoms with Crippen LogP contribution >= 0.6 is 23.1 Å². The lowest BCUT2D eigenvalue weighted by molar-refractivity contribution is -0.121. The average Bonchev–Trinajstić information content (AvgIpc) is 3.32. The number of aromatic nitrogens is 2. The predicted molar refractivity (Wildman–Crippen MR) is 105 cm³/mol. The number of carbonyl (C=O) groups is 2. The number of fused-ring (bicyclic) bond motifs is 2. The molecule has 1 aliphatic heterocycles. The molecule has 26 heavy (non-hydrogen) atoms. The quantitative estimate of drug-likeness (QED) is 0.542. The molecule has 1 atom stereocenters. The van der Waals surface area contributed by atoms with Crippen molar-refractivity contribution in [1.29, 1.82) is 0 Å². The maximum absolute atomic E-state index is 12.9. The summed E-state index contributed by atoms with van der Waals surface area (Å²) in [5.41, 5.74) is 2.44. The molecule has 2 aromatic carbocycles. The number of benzene rings is 2. The van der Waals surface area contributed by atoms with E-state index in [2.05, 4.69) is 9.97 Å². The summed E-state index contributed by atoms with van der Waals surface area (Å²) in [7, 11) is 0. The van der Waals surface area contributed by atoms with Gasteiger partial charge in [0.2, 0.25) is 11.8 Å². The van der Waals surface area contributed by atoms with Crippen LogP contribution in [0.25, 0.3) is 21.1 Å². The van der Waals surface area contributed by atoms with Crippen LogP contribution in [0, 0.1) is 0 Å². The van der Waals surface area contributed by atoms with Crippen molar-refractivity contribution < 1.29 is 9.59 Å². The number of amides is 2. The number of nitrogens with zero attached hydrogens (tertiary/aromatic N) is 2. The molecule has 1 N–H and O–H groups in total. The zero-order chi connectivity index (χ0) is 17.7. The number of rotatable bonds is 3. The van der Waals surface area contributed by atoms with Crippen LogP contribution in [0.2, 0.25) is 0 Å². The molecule has 0 radical (unpaired) electrons. The molecule has 0 bridgehead atoms. The highest BCUT2D eigenvalue weighted by molar-refractivity contribution is 8.02. The van der Waals surface area contributed by atoms with Crippen molar-refractivity contribution in [3.05, 3.63) is 54.7 Å². The first kappa shape index (κ1) is 15.6. The van der Waals surface area contributed by atoms with Gasteiger partial charge >= 0.3 is 0 Å². The first-order valence-corrected chi connectivity index (χ1v) is 9.85. The van der Waals surface area contributed by atoms with E-state index in [9.17, 15) is 9.59 Å². The van der Waals surface area contributed by atoms with E-state index in [0.717, 1.165) is 25.5 Å². The van der Waals surface area contributed by atoms with Crippen LogP contribution in [0.3, 0.4) is 0 Å². The minimum absolute atomic E-state index is 0.167. The fourth-order valence-electron chi connectivity index (χ4n) is 3.17. The van der Waals surface area contributed by atoms with Gasteiger partial charge in [-0.2, -0.15) is 0 Å². The zero-order valence-corrected chi connectivity index (χ0v) is 15.1. The van der Waals surface area contributed by atoms with Gasteiger partial charge in [-0.1, -0.05) is 30.0 Å². The van der Waals surface area contributed by atoms with Crippen molar-refractivity contribution in [3.63, 3.8) is 0 Å². The summed E-state index contributed by atoms with van der Waals surface area (Å²) in [6.45, 7) is 0. The topological polar surface area (TPSA) is 66.1 Å². The Hall–Kier alpha value is -2.64. The number of thiazole rings is 1. The van der Waals surface area contributed by atoms with Gasteiger partial charge in [-0.25, -0.2) is 9.88 Å². The molecule has 0 spiro atoms. The number of H-pyrrole nitrogens is 1. The Morgan fingerprint density at radius 1 is 1.15 bits per heavy atom. The Kier molecular flexibility index (Phi) is 3.58. The lowest BCUT2D eigenvalue weighted by Crippen LogP contribution is -2.31. The minimum Gasteiger partial charge on any atom is -0.361 e. The second-order valence-electron chi connectivity index (χ2n) is 6.07. The lowest BCUT2D eigenvalue weighted by Gasteiger charge is -2.14. The van der Waals surface area contributed by atoms with Crippen molar-refractivity contribution in [1.82, 2.24) is 9.97 Å². The summed E-state index contributed by atoms with van der Waals surface area (Å²) in [6.07, 6.45) is 2.04. The third-order valence-corrected chi connectivity index (χ3v) is 6.73. The van der Waals surface area contributed by atoms with Crippen molar-refractivity contribution >= 4 is 61.7 Å². The van der Waals surface area contributed by atoms with E-state index in [4.69, 9.17) is 0 Å². The third-order valence-electron chi connectivity index (χ3n) is 4.42. The van der Waals surface area contributed by atoms with Gasteiger partial charge < -0.3 is 4.98 Å². The smallest absolute Gasteiger partial charge is 0.247 e.